The number of anilines is 2. The molecule has 104 valence electrons. The second-order valence-electron chi connectivity index (χ2n) is 5.58. The number of benzene rings is 1. The molecule has 1 aromatic carbocycles. The van der Waals surface area contributed by atoms with Crippen molar-refractivity contribution < 1.29 is 4.79 Å². The van der Waals surface area contributed by atoms with Gasteiger partial charge < -0.3 is 16.0 Å². The van der Waals surface area contributed by atoms with E-state index in [1.807, 2.05) is 12.1 Å². The van der Waals surface area contributed by atoms with Gasteiger partial charge in [-0.2, -0.15) is 0 Å². The van der Waals surface area contributed by atoms with Crippen molar-refractivity contribution in [3.05, 3.63) is 22.2 Å². The van der Waals surface area contributed by atoms with Crippen LogP contribution < -0.4 is 16.0 Å². The zero-order valence-electron chi connectivity index (χ0n) is 11.7. The van der Waals surface area contributed by atoms with Gasteiger partial charge in [0.05, 0.1) is 5.69 Å². The highest BCUT2D eigenvalue weighted by molar-refractivity contribution is 9.10. The molecule has 0 fully saturated rings. The first kappa shape index (κ1) is 14.3. The summed E-state index contributed by atoms with van der Waals surface area (Å²) in [6.45, 7) is 6.55. The molecule has 0 radical (unpaired) electrons. The van der Waals surface area contributed by atoms with Crippen molar-refractivity contribution in [2.45, 2.75) is 38.8 Å². The molecule has 0 aliphatic carbocycles. The lowest BCUT2D eigenvalue weighted by atomic mass is 9.98. The summed E-state index contributed by atoms with van der Waals surface area (Å²) in [7, 11) is 2.06. The minimum atomic E-state index is -0.565. The highest BCUT2D eigenvalue weighted by Gasteiger charge is 2.30. The lowest BCUT2D eigenvalue weighted by Gasteiger charge is -2.37. The summed E-state index contributed by atoms with van der Waals surface area (Å²) in [6.07, 6.45) is 1.03. The predicted molar refractivity (Wildman–Crippen MR) is 82.5 cm³/mol. The summed E-state index contributed by atoms with van der Waals surface area (Å²) in [6, 6.07) is 3.36. The van der Waals surface area contributed by atoms with Crippen molar-refractivity contribution in [2.75, 3.05) is 17.3 Å². The Hall–Kier alpha value is -1.07. The lowest BCUT2D eigenvalue weighted by molar-refractivity contribution is -0.116. The van der Waals surface area contributed by atoms with Crippen LogP contribution in [0.4, 0.5) is 11.4 Å². The number of rotatable bonds is 3. The molecule has 1 unspecified atom stereocenters. The Morgan fingerprint density at radius 3 is 2.68 bits per heavy atom. The Morgan fingerprint density at radius 2 is 2.11 bits per heavy atom. The minimum absolute atomic E-state index is 0.0431. The van der Waals surface area contributed by atoms with Crippen LogP contribution in [0.15, 0.2) is 16.6 Å². The molecule has 1 heterocycles. The van der Waals surface area contributed by atoms with Gasteiger partial charge in [0.25, 0.3) is 0 Å². The largest absolute Gasteiger partial charge is 0.369 e. The Bertz CT molecular complexity index is 528. The number of fused-ring (bicyclic) bond motifs is 1. The molecule has 4 nitrogen and oxygen atoms in total. The van der Waals surface area contributed by atoms with Crippen LogP contribution in [-0.2, 0) is 4.79 Å². The first-order valence-corrected chi connectivity index (χ1v) is 7.21. The zero-order valence-corrected chi connectivity index (χ0v) is 13.3. The number of nitrogens with two attached hydrogens (primary N) is 1. The summed E-state index contributed by atoms with van der Waals surface area (Å²) < 4.78 is 0.960. The van der Waals surface area contributed by atoms with Crippen molar-refractivity contribution in [1.82, 2.24) is 0 Å². The summed E-state index contributed by atoms with van der Waals surface area (Å²) in [5, 5.41) is 2.83. The third-order valence-corrected chi connectivity index (χ3v) is 4.76. The van der Waals surface area contributed by atoms with Crippen LogP contribution in [0.25, 0.3) is 0 Å². The van der Waals surface area contributed by atoms with Gasteiger partial charge in [0.1, 0.15) is 6.04 Å². The lowest BCUT2D eigenvalue weighted by Crippen LogP contribution is -2.40. The number of carbonyl (C=O) groups excluding carboxylic acids is 1. The van der Waals surface area contributed by atoms with Crippen molar-refractivity contribution in [3.63, 3.8) is 0 Å². The molecule has 1 aromatic rings. The van der Waals surface area contributed by atoms with Gasteiger partial charge in [0.15, 0.2) is 0 Å². The van der Waals surface area contributed by atoms with Gasteiger partial charge in [0, 0.05) is 28.3 Å². The first-order chi connectivity index (χ1) is 8.77. The highest BCUT2D eigenvalue weighted by Crippen LogP contribution is 2.40. The minimum Gasteiger partial charge on any atom is -0.369 e. The van der Waals surface area contributed by atoms with Gasteiger partial charge >= 0.3 is 0 Å². The molecule has 0 saturated carbocycles. The van der Waals surface area contributed by atoms with E-state index in [-0.39, 0.29) is 11.4 Å². The number of hydrogen-bond acceptors (Lipinski definition) is 3. The fraction of sp³-hybridized carbons (Fsp3) is 0.500. The normalized spacial score (nSPS) is 18.2. The summed E-state index contributed by atoms with van der Waals surface area (Å²) in [5.41, 5.74) is 8.61. The maximum Gasteiger partial charge on any atom is 0.245 e. The van der Waals surface area contributed by atoms with E-state index in [4.69, 9.17) is 5.73 Å². The molecule has 3 N–H and O–H groups in total. The number of carbonyl (C=O) groups is 1. The maximum absolute atomic E-state index is 11.6. The fourth-order valence-corrected chi connectivity index (χ4v) is 2.74. The monoisotopic (exact) mass is 325 g/mol. The molecule has 1 aliphatic heterocycles. The summed E-state index contributed by atoms with van der Waals surface area (Å²) in [4.78, 5) is 13.8. The summed E-state index contributed by atoms with van der Waals surface area (Å²) in [5.74, 6) is -0.142. The second-order valence-corrected chi connectivity index (χ2v) is 6.44. The molecular weight excluding hydrogens is 306 g/mol. The van der Waals surface area contributed by atoms with Gasteiger partial charge in [-0.25, -0.2) is 0 Å². The van der Waals surface area contributed by atoms with Crippen LogP contribution in [-0.4, -0.2) is 18.5 Å². The first-order valence-electron chi connectivity index (χ1n) is 6.41. The van der Waals surface area contributed by atoms with Crippen molar-refractivity contribution >= 4 is 33.2 Å². The number of amides is 1. The molecule has 1 aliphatic rings. The number of nitrogens with zero attached hydrogens (tertiary/aromatic N) is 1. The topological polar surface area (TPSA) is 58.4 Å². The van der Waals surface area contributed by atoms with Gasteiger partial charge in [0.2, 0.25) is 5.91 Å². The molecule has 0 aromatic heterocycles. The van der Waals surface area contributed by atoms with Crippen LogP contribution in [0, 0.1) is 0 Å². The van der Waals surface area contributed by atoms with E-state index in [1.165, 1.54) is 0 Å². The SMILES string of the molecule is CCC(C)(C)N(C)c1cc2c(cc1Br)C(N)C(=O)N2. The van der Waals surface area contributed by atoms with Gasteiger partial charge in [-0.05, 0) is 48.3 Å². The van der Waals surface area contributed by atoms with Crippen molar-refractivity contribution in [1.29, 1.82) is 0 Å². The average Bonchev–Trinajstić information content (AvgIpc) is 2.64. The predicted octanol–water partition coefficient (Wildman–Crippen LogP) is 3.03. The van der Waals surface area contributed by atoms with E-state index < -0.39 is 6.04 Å². The highest BCUT2D eigenvalue weighted by atomic mass is 79.9. The Kier molecular flexibility index (Phi) is 3.62. The van der Waals surface area contributed by atoms with E-state index in [0.717, 1.165) is 27.8 Å². The Balaban J connectivity index is 2.46. The smallest absolute Gasteiger partial charge is 0.245 e. The molecular formula is C14H20BrN3O. The van der Waals surface area contributed by atoms with Crippen LogP contribution >= 0.6 is 15.9 Å². The molecule has 0 saturated heterocycles. The Labute approximate surface area is 122 Å². The molecule has 0 bridgehead atoms. The van der Waals surface area contributed by atoms with Gasteiger partial charge in [-0.3, -0.25) is 4.79 Å². The number of nitrogens with one attached hydrogen (secondary N) is 1. The van der Waals surface area contributed by atoms with E-state index in [2.05, 4.69) is 54.0 Å². The standard InChI is InChI=1S/C14H20BrN3O/c1-5-14(2,3)18(4)11-7-10-8(6-9(11)15)12(16)13(19)17-10/h6-7,12H,5,16H2,1-4H3,(H,17,19). The zero-order chi connectivity index (χ0) is 14.4. The number of halogens is 1. The fourth-order valence-electron chi connectivity index (χ4n) is 2.11. The molecule has 1 amide bonds. The van der Waals surface area contributed by atoms with E-state index in [0.29, 0.717) is 0 Å². The molecule has 0 spiro atoms. The molecule has 5 heteroatoms. The van der Waals surface area contributed by atoms with Crippen LogP contribution in [0.3, 0.4) is 0 Å². The third-order valence-electron chi connectivity index (χ3n) is 4.13. The van der Waals surface area contributed by atoms with Crippen LogP contribution in [0.2, 0.25) is 0 Å². The summed E-state index contributed by atoms with van der Waals surface area (Å²) >= 11 is 3.58. The molecule has 2 rings (SSSR count). The van der Waals surface area contributed by atoms with Crippen LogP contribution in [0.5, 0.6) is 0 Å². The Morgan fingerprint density at radius 1 is 1.47 bits per heavy atom. The third kappa shape index (κ3) is 2.37. The van der Waals surface area contributed by atoms with E-state index in [1.54, 1.807) is 0 Å². The van der Waals surface area contributed by atoms with Crippen molar-refractivity contribution in [3.8, 4) is 0 Å². The van der Waals surface area contributed by atoms with Gasteiger partial charge in [-0.1, -0.05) is 6.92 Å². The maximum atomic E-state index is 11.6. The molecule has 1 atom stereocenters. The average molecular weight is 326 g/mol. The quantitative estimate of drug-likeness (QED) is 0.898. The van der Waals surface area contributed by atoms with E-state index in [9.17, 15) is 4.79 Å². The van der Waals surface area contributed by atoms with E-state index >= 15 is 0 Å². The van der Waals surface area contributed by atoms with Crippen molar-refractivity contribution in [2.24, 2.45) is 5.73 Å². The van der Waals surface area contributed by atoms with Gasteiger partial charge in [-0.15, -0.1) is 0 Å². The molecule has 19 heavy (non-hydrogen) atoms. The van der Waals surface area contributed by atoms with Crippen LogP contribution in [0.1, 0.15) is 38.8 Å². The second kappa shape index (κ2) is 4.80. The number of hydrogen-bond donors (Lipinski definition) is 2.